The number of anilines is 1. The van der Waals surface area contributed by atoms with Crippen molar-refractivity contribution in [1.82, 2.24) is 5.32 Å². The van der Waals surface area contributed by atoms with Crippen LogP contribution in [-0.4, -0.2) is 25.2 Å². The summed E-state index contributed by atoms with van der Waals surface area (Å²) >= 11 is 0. The van der Waals surface area contributed by atoms with Crippen molar-refractivity contribution in [2.75, 3.05) is 18.5 Å². The second-order valence-corrected chi connectivity index (χ2v) is 5.65. The number of hydrogen-bond acceptors (Lipinski definition) is 3. The molecule has 0 radical (unpaired) electrons. The van der Waals surface area contributed by atoms with Crippen molar-refractivity contribution in [1.29, 1.82) is 0 Å². The molecule has 1 amide bonds. The minimum atomic E-state index is -0.0388. The van der Waals surface area contributed by atoms with Crippen LogP contribution in [0, 0.1) is 0 Å². The van der Waals surface area contributed by atoms with Crippen LogP contribution in [0.5, 0.6) is 0 Å². The second-order valence-electron chi connectivity index (χ2n) is 5.65. The zero-order chi connectivity index (χ0) is 14.9. The van der Waals surface area contributed by atoms with Gasteiger partial charge >= 0.3 is 0 Å². The first-order chi connectivity index (χ1) is 10.3. The van der Waals surface area contributed by atoms with Crippen LogP contribution in [0.1, 0.15) is 44.6 Å². The Morgan fingerprint density at radius 2 is 2.00 bits per heavy atom. The first kappa shape index (κ1) is 16.0. The molecule has 1 aromatic rings. The lowest BCUT2D eigenvalue weighted by atomic mass is 9.98. The number of nitrogens with one attached hydrogen (secondary N) is 2. The van der Waals surface area contributed by atoms with E-state index < -0.39 is 0 Å². The third-order valence-electron chi connectivity index (χ3n) is 3.83. The van der Waals surface area contributed by atoms with Gasteiger partial charge in [-0.1, -0.05) is 37.5 Å². The minimum Gasteiger partial charge on any atom is -0.377 e. The van der Waals surface area contributed by atoms with Gasteiger partial charge < -0.3 is 15.4 Å². The van der Waals surface area contributed by atoms with Crippen molar-refractivity contribution in [2.45, 2.75) is 51.7 Å². The number of rotatable bonds is 7. The molecule has 0 saturated heterocycles. The highest BCUT2D eigenvalue weighted by Gasteiger charge is 2.12. The Morgan fingerprint density at radius 3 is 2.76 bits per heavy atom. The standard InChI is InChI=1S/C17H26N2O2/c1-14(20)19-17-10-6-5-7-15(17)13-18-11-12-21-16-8-3-2-4-9-16/h5-7,10,16,18H,2-4,8-9,11-13H2,1H3,(H,19,20). The van der Waals surface area contributed by atoms with Crippen LogP contribution in [0.15, 0.2) is 24.3 Å². The van der Waals surface area contributed by atoms with Crippen LogP contribution in [0.4, 0.5) is 5.69 Å². The molecule has 0 spiro atoms. The van der Waals surface area contributed by atoms with Gasteiger partial charge in [-0.05, 0) is 24.5 Å². The summed E-state index contributed by atoms with van der Waals surface area (Å²) in [6, 6.07) is 7.87. The van der Waals surface area contributed by atoms with Crippen LogP contribution >= 0.6 is 0 Å². The van der Waals surface area contributed by atoms with Gasteiger partial charge in [0.25, 0.3) is 0 Å². The van der Waals surface area contributed by atoms with E-state index >= 15 is 0 Å². The fourth-order valence-corrected chi connectivity index (χ4v) is 2.74. The molecule has 0 aromatic heterocycles. The highest BCUT2D eigenvalue weighted by molar-refractivity contribution is 5.89. The lowest BCUT2D eigenvalue weighted by Crippen LogP contribution is -2.24. The van der Waals surface area contributed by atoms with Crippen molar-refractivity contribution in [2.24, 2.45) is 0 Å². The number of carbonyl (C=O) groups is 1. The average Bonchev–Trinajstić information content (AvgIpc) is 2.49. The Morgan fingerprint density at radius 1 is 1.24 bits per heavy atom. The van der Waals surface area contributed by atoms with E-state index in [1.165, 1.54) is 39.0 Å². The smallest absolute Gasteiger partial charge is 0.221 e. The number of benzene rings is 1. The van der Waals surface area contributed by atoms with Gasteiger partial charge in [-0.15, -0.1) is 0 Å². The maximum atomic E-state index is 11.2. The molecule has 1 fully saturated rings. The van der Waals surface area contributed by atoms with E-state index in [1.54, 1.807) is 0 Å². The number of ether oxygens (including phenoxy) is 1. The van der Waals surface area contributed by atoms with Crippen molar-refractivity contribution >= 4 is 11.6 Å². The normalized spacial score (nSPS) is 15.9. The zero-order valence-electron chi connectivity index (χ0n) is 12.9. The molecule has 4 nitrogen and oxygen atoms in total. The molecule has 2 N–H and O–H groups in total. The van der Waals surface area contributed by atoms with E-state index in [0.717, 1.165) is 30.9 Å². The number of hydrogen-bond donors (Lipinski definition) is 2. The Bertz CT molecular complexity index is 442. The Labute approximate surface area is 127 Å². The lowest BCUT2D eigenvalue weighted by Gasteiger charge is -2.22. The van der Waals surface area contributed by atoms with Gasteiger partial charge in [-0.3, -0.25) is 4.79 Å². The highest BCUT2D eigenvalue weighted by Crippen LogP contribution is 2.20. The highest BCUT2D eigenvalue weighted by atomic mass is 16.5. The van der Waals surface area contributed by atoms with E-state index in [1.807, 2.05) is 24.3 Å². The topological polar surface area (TPSA) is 50.4 Å². The van der Waals surface area contributed by atoms with Crippen molar-refractivity contribution in [3.63, 3.8) is 0 Å². The molecule has 0 bridgehead atoms. The molecule has 21 heavy (non-hydrogen) atoms. The van der Waals surface area contributed by atoms with Crippen LogP contribution in [0.25, 0.3) is 0 Å². The summed E-state index contributed by atoms with van der Waals surface area (Å²) in [5.74, 6) is -0.0388. The maximum Gasteiger partial charge on any atom is 0.221 e. The molecule has 0 aliphatic heterocycles. The van der Waals surface area contributed by atoms with Gasteiger partial charge in [0, 0.05) is 25.7 Å². The van der Waals surface area contributed by atoms with Gasteiger partial charge in [-0.25, -0.2) is 0 Å². The van der Waals surface area contributed by atoms with Crippen LogP contribution in [0.2, 0.25) is 0 Å². The first-order valence-electron chi connectivity index (χ1n) is 7.93. The van der Waals surface area contributed by atoms with Crippen LogP contribution in [-0.2, 0) is 16.1 Å². The molecule has 1 aromatic carbocycles. The number of para-hydroxylation sites is 1. The molecule has 116 valence electrons. The van der Waals surface area contributed by atoms with Gasteiger partial charge in [0.15, 0.2) is 0 Å². The summed E-state index contributed by atoms with van der Waals surface area (Å²) in [4.78, 5) is 11.2. The molecular weight excluding hydrogens is 264 g/mol. The summed E-state index contributed by atoms with van der Waals surface area (Å²) in [5, 5.41) is 6.23. The Kier molecular flexibility index (Phi) is 6.70. The summed E-state index contributed by atoms with van der Waals surface area (Å²) in [6.07, 6.45) is 6.87. The van der Waals surface area contributed by atoms with E-state index in [-0.39, 0.29) is 5.91 Å². The number of carbonyl (C=O) groups excluding carboxylic acids is 1. The van der Waals surface area contributed by atoms with Crippen molar-refractivity contribution in [3.8, 4) is 0 Å². The van der Waals surface area contributed by atoms with Crippen LogP contribution < -0.4 is 10.6 Å². The zero-order valence-corrected chi connectivity index (χ0v) is 12.9. The fourth-order valence-electron chi connectivity index (χ4n) is 2.74. The third-order valence-corrected chi connectivity index (χ3v) is 3.83. The van der Waals surface area contributed by atoms with Crippen LogP contribution in [0.3, 0.4) is 0 Å². The van der Waals surface area contributed by atoms with Gasteiger partial charge in [-0.2, -0.15) is 0 Å². The molecular formula is C17H26N2O2. The predicted molar refractivity (Wildman–Crippen MR) is 85.3 cm³/mol. The minimum absolute atomic E-state index is 0.0388. The van der Waals surface area contributed by atoms with E-state index in [2.05, 4.69) is 10.6 Å². The monoisotopic (exact) mass is 290 g/mol. The molecule has 0 atom stereocenters. The molecule has 2 rings (SSSR count). The quantitative estimate of drug-likeness (QED) is 0.759. The first-order valence-corrected chi connectivity index (χ1v) is 7.93. The summed E-state index contributed by atoms with van der Waals surface area (Å²) in [7, 11) is 0. The number of amides is 1. The molecule has 0 heterocycles. The predicted octanol–water partition coefficient (Wildman–Crippen LogP) is 3.08. The van der Waals surface area contributed by atoms with E-state index in [4.69, 9.17) is 4.74 Å². The molecule has 4 heteroatoms. The Balaban J connectivity index is 1.67. The Hall–Kier alpha value is -1.39. The summed E-state index contributed by atoms with van der Waals surface area (Å²) in [5.41, 5.74) is 1.98. The van der Waals surface area contributed by atoms with Gasteiger partial charge in [0.05, 0.1) is 12.7 Å². The SMILES string of the molecule is CC(=O)Nc1ccccc1CNCCOC1CCCCC1. The summed E-state index contributed by atoms with van der Waals surface area (Å²) in [6.45, 7) is 3.87. The fraction of sp³-hybridized carbons (Fsp3) is 0.588. The van der Waals surface area contributed by atoms with E-state index in [0.29, 0.717) is 6.10 Å². The molecule has 1 aliphatic rings. The van der Waals surface area contributed by atoms with Crippen molar-refractivity contribution < 1.29 is 9.53 Å². The lowest BCUT2D eigenvalue weighted by molar-refractivity contribution is -0.114. The van der Waals surface area contributed by atoms with Gasteiger partial charge in [0.2, 0.25) is 5.91 Å². The molecule has 1 saturated carbocycles. The third kappa shape index (κ3) is 5.86. The summed E-state index contributed by atoms with van der Waals surface area (Å²) < 4.78 is 5.88. The van der Waals surface area contributed by atoms with Crippen molar-refractivity contribution in [3.05, 3.63) is 29.8 Å². The average molecular weight is 290 g/mol. The van der Waals surface area contributed by atoms with Gasteiger partial charge in [0.1, 0.15) is 0 Å². The maximum absolute atomic E-state index is 11.2. The molecule has 0 unspecified atom stereocenters. The largest absolute Gasteiger partial charge is 0.377 e. The molecule has 1 aliphatic carbocycles. The van der Waals surface area contributed by atoms with E-state index in [9.17, 15) is 4.79 Å². The second kappa shape index (κ2) is 8.80.